The summed E-state index contributed by atoms with van der Waals surface area (Å²) in [4.78, 5) is 9.83. The van der Waals surface area contributed by atoms with Crippen molar-refractivity contribution in [1.82, 2.24) is 0 Å². The van der Waals surface area contributed by atoms with E-state index in [1.807, 2.05) is 5.92 Å². The maximum Gasteiger partial charge on any atom is 0.193 e. The van der Waals surface area contributed by atoms with Crippen molar-refractivity contribution in [1.29, 1.82) is 0 Å². The van der Waals surface area contributed by atoms with Gasteiger partial charge in [0.05, 0.1) is 0 Å². The summed E-state index contributed by atoms with van der Waals surface area (Å²) in [5.41, 5.74) is 0.0755. The summed E-state index contributed by atoms with van der Waals surface area (Å²) in [6, 6.07) is 1.92. The van der Waals surface area contributed by atoms with Crippen LogP contribution >= 0.6 is 11.6 Å². The van der Waals surface area contributed by atoms with Gasteiger partial charge in [0.25, 0.3) is 0 Å². The van der Waals surface area contributed by atoms with Gasteiger partial charge in [-0.2, -0.15) is 0 Å². The Bertz CT molecular complexity index is 381. The predicted octanol–water partition coefficient (Wildman–Crippen LogP) is 2.17. The molecule has 0 spiro atoms. The van der Waals surface area contributed by atoms with E-state index in [1.165, 1.54) is 0 Å². The Hall–Kier alpha value is -1.40. The van der Waals surface area contributed by atoms with Gasteiger partial charge in [-0.1, -0.05) is 17.5 Å². The Morgan fingerprint density at radius 3 is 2.31 bits per heavy atom. The molecular formula is C9H3ClF2O. The Labute approximate surface area is 78.3 Å². The highest BCUT2D eigenvalue weighted by molar-refractivity contribution is 6.30. The second kappa shape index (κ2) is 4.01. The number of rotatable bonds is 0. The van der Waals surface area contributed by atoms with Crippen molar-refractivity contribution in [3.05, 3.63) is 34.4 Å². The zero-order valence-corrected chi connectivity index (χ0v) is 7.03. The fraction of sp³-hybridized carbons (Fsp3) is 0. The summed E-state index contributed by atoms with van der Waals surface area (Å²) in [5, 5.41) is -0.573. The molecule has 0 atom stereocenters. The van der Waals surface area contributed by atoms with Gasteiger partial charge in [0.2, 0.25) is 0 Å². The summed E-state index contributed by atoms with van der Waals surface area (Å²) in [6.45, 7) is 0. The van der Waals surface area contributed by atoms with Crippen LogP contribution in [0.2, 0.25) is 5.02 Å². The first-order valence-corrected chi connectivity index (χ1v) is 3.62. The third-order valence-electron chi connectivity index (χ3n) is 1.26. The van der Waals surface area contributed by atoms with Crippen molar-refractivity contribution < 1.29 is 13.6 Å². The van der Waals surface area contributed by atoms with Crippen LogP contribution in [0.5, 0.6) is 0 Å². The molecule has 0 saturated carbocycles. The molecule has 1 rings (SSSR count). The molecule has 1 aromatic rings. The third-order valence-corrected chi connectivity index (χ3v) is 1.62. The molecular weight excluding hydrogens is 198 g/mol. The van der Waals surface area contributed by atoms with Crippen LogP contribution in [0.4, 0.5) is 8.78 Å². The van der Waals surface area contributed by atoms with Crippen LogP contribution in [0.15, 0.2) is 12.1 Å². The van der Waals surface area contributed by atoms with E-state index in [-0.39, 0.29) is 5.56 Å². The van der Waals surface area contributed by atoms with Gasteiger partial charge in [0.1, 0.15) is 16.7 Å². The van der Waals surface area contributed by atoms with Gasteiger partial charge < -0.3 is 0 Å². The number of halogens is 3. The van der Waals surface area contributed by atoms with E-state index in [0.717, 1.165) is 12.1 Å². The van der Waals surface area contributed by atoms with Crippen molar-refractivity contribution in [2.24, 2.45) is 0 Å². The van der Waals surface area contributed by atoms with Gasteiger partial charge >= 0.3 is 0 Å². The van der Waals surface area contributed by atoms with Crippen molar-refractivity contribution in [3.8, 4) is 11.8 Å². The number of carbonyl (C=O) groups excluding carboxylic acids is 1. The minimum absolute atomic E-state index is 0.0755. The van der Waals surface area contributed by atoms with Crippen LogP contribution in [-0.4, -0.2) is 6.29 Å². The maximum atomic E-state index is 12.7. The first-order chi connectivity index (χ1) is 6.15. The molecule has 0 fully saturated rings. The highest BCUT2D eigenvalue weighted by atomic mass is 35.5. The normalized spacial score (nSPS) is 8.85. The van der Waals surface area contributed by atoms with E-state index in [4.69, 9.17) is 11.6 Å². The smallest absolute Gasteiger partial charge is 0.193 e. The molecule has 0 unspecified atom stereocenters. The van der Waals surface area contributed by atoms with Crippen molar-refractivity contribution >= 4 is 17.9 Å². The van der Waals surface area contributed by atoms with E-state index in [2.05, 4.69) is 5.92 Å². The van der Waals surface area contributed by atoms with E-state index >= 15 is 0 Å². The molecule has 0 saturated heterocycles. The van der Waals surface area contributed by atoms with Gasteiger partial charge in [-0.05, 0) is 18.1 Å². The summed E-state index contributed by atoms with van der Waals surface area (Å²) in [7, 11) is 0. The Balaban J connectivity index is 3.20. The average Bonchev–Trinajstić information content (AvgIpc) is 2.10. The lowest BCUT2D eigenvalue weighted by Gasteiger charge is -1.96. The molecule has 4 heteroatoms. The lowest BCUT2D eigenvalue weighted by molar-refractivity contribution is -0.103. The number of carbonyl (C=O) groups is 1. The minimum atomic E-state index is -0.892. The lowest BCUT2D eigenvalue weighted by atomic mass is 10.2. The van der Waals surface area contributed by atoms with Crippen molar-refractivity contribution in [2.45, 2.75) is 0 Å². The second-order valence-corrected chi connectivity index (χ2v) is 2.52. The highest BCUT2D eigenvalue weighted by Crippen LogP contribution is 2.19. The van der Waals surface area contributed by atoms with Crippen LogP contribution in [0, 0.1) is 23.5 Å². The summed E-state index contributed by atoms with van der Waals surface area (Å²) >= 11 is 5.22. The van der Waals surface area contributed by atoms with Gasteiger partial charge in [0, 0.05) is 5.56 Å². The van der Waals surface area contributed by atoms with Crippen LogP contribution in [0.25, 0.3) is 0 Å². The quantitative estimate of drug-likeness (QED) is 0.356. The molecule has 66 valence electrons. The molecule has 0 heterocycles. The zero-order valence-electron chi connectivity index (χ0n) is 6.27. The Morgan fingerprint density at radius 2 is 1.85 bits per heavy atom. The molecule has 0 bridgehead atoms. The molecule has 0 aliphatic carbocycles. The third kappa shape index (κ3) is 2.27. The van der Waals surface area contributed by atoms with Gasteiger partial charge in [0.15, 0.2) is 6.29 Å². The first kappa shape index (κ1) is 9.69. The molecule has 0 aliphatic rings. The predicted molar refractivity (Wildman–Crippen MR) is 44.3 cm³/mol. The molecule has 0 aromatic heterocycles. The second-order valence-electron chi connectivity index (χ2n) is 2.14. The number of hydrogen-bond acceptors (Lipinski definition) is 1. The largest absolute Gasteiger partial charge is 0.289 e. The average molecular weight is 201 g/mol. The Morgan fingerprint density at radius 1 is 1.31 bits per heavy atom. The number of hydrogen-bond donors (Lipinski definition) is 0. The summed E-state index contributed by atoms with van der Waals surface area (Å²) in [6.07, 6.45) is 0.338. The van der Waals surface area contributed by atoms with E-state index in [9.17, 15) is 13.6 Å². The molecule has 1 aromatic carbocycles. The summed E-state index contributed by atoms with van der Waals surface area (Å²) < 4.78 is 25.5. The van der Waals surface area contributed by atoms with E-state index < -0.39 is 16.7 Å². The van der Waals surface area contributed by atoms with E-state index in [1.54, 1.807) is 0 Å². The summed E-state index contributed by atoms with van der Waals surface area (Å²) in [5.74, 6) is 2.49. The lowest BCUT2D eigenvalue weighted by Crippen LogP contribution is -1.86. The van der Waals surface area contributed by atoms with Crippen LogP contribution in [0.1, 0.15) is 5.56 Å². The van der Waals surface area contributed by atoms with Gasteiger partial charge in [-0.15, -0.1) is 0 Å². The molecule has 13 heavy (non-hydrogen) atoms. The van der Waals surface area contributed by atoms with Crippen LogP contribution in [0.3, 0.4) is 0 Å². The fourth-order valence-corrected chi connectivity index (χ4v) is 0.850. The fourth-order valence-electron chi connectivity index (χ4n) is 0.740. The maximum absolute atomic E-state index is 12.7. The highest BCUT2D eigenvalue weighted by Gasteiger charge is 2.06. The molecule has 1 nitrogen and oxygen atoms in total. The van der Waals surface area contributed by atoms with Gasteiger partial charge in [-0.25, -0.2) is 8.78 Å². The van der Waals surface area contributed by atoms with Crippen molar-refractivity contribution in [2.75, 3.05) is 0 Å². The van der Waals surface area contributed by atoms with Crippen molar-refractivity contribution in [3.63, 3.8) is 0 Å². The minimum Gasteiger partial charge on any atom is -0.289 e. The Kier molecular flexibility index (Phi) is 2.99. The SMILES string of the molecule is O=CC#Cc1cc(F)c(Cl)c(F)c1. The molecule has 0 N–H and O–H groups in total. The number of aldehydes is 1. The van der Waals surface area contributed by atoms with Crippen LogP contribution < -0.4 is 0 Å². The topological polar surface area (TPSA) is 17.1 Å². The van der Waals surface area contributed by atoms with Crippen LogP contribution in [-0.2, 0) is 4.79 Å². The number of benzene rings is 1. The molecule has 0 radical (unpaired) electrons. The van der Waals surface area contributed by atoms with E-state index in [0.29, 0.717) is 6.29 Å². The molecule has 0 amide bonds. The monoisotopic (exact) mass is 200 g/mol. The van der Waals surface area contributed by atoms with Gasteiger partial charge in [-0.3, -0.25) is 4.79 Å². The zero-order chi connectivity index (χ0) is 9.84. The standard InChI is InChI=1S/C9H3ClF2O/c10-9-7(11)4-6(2-1-3-13)5-8(9)12/h3-5H. The molecule has 0 aliphatic heterocycles. The first-order valence-electron chi connectivity index (χ1n) is 3.25.